The van der Waals surface area contributed by atoms with Crippen molar-refractivity contribution in [2.75, 3.05) is 0 Å². The lowest BCUT2D eigenvalue weighted by atomic mass is 9.61. The van der Waals surface area contributed by atoms with Crippen LogP contribution in [0.25, 0.3) is 0 Å². The molecule has 0 unspecified atom stereocenters. The van der Waals surface area contributed by atoms with Gasteiger partial charge in [-0.25, -0.2) is 0 Å². The van der Waals surface area contributed by atoms with Gasteiger partial charge in [0.05, 0.1) is 5.60 Å². The lowest BCUT2D eigenvalue weighted by Gasteiger charge is -2.48. The zero-order valence-electron chi connectivity index (χ0n) is 12.1. The van der Waals surface area contributed by atoms with E-state index in [-0.39, 0.29) is 10.8 Å². The van der Waals surface area contributed by atoms with Crippen molar-refractivity contribution in [3.8, 4) is 11.8 Å². The van der Waals surface area contributed by atoms with Crippen LogP contribution in [0, 0.1) is 22.7 Å². The summed E-state index contributed by atoms with van der Waals surface area (Å²) in [5.41, 5.74) is -1.07. The molecule has 16 heavy (non-hydrogen) atoms. The zero-order valence-corrected chi connectivity index (χ0v) is 12.1. The predicted molar refractivity (Wildman–Crippen MR) is 71.2 cm³/mol. The van der Waals surface area contributed by atoms with Gasteiger partial charge < -0.3 is 5.11 Å². The van der Waals surface area contributed by atoms with E-state index in [0.29, 0.717) is 6.42 Å². The fraction of sp³-hybridized carbons (Fsp3) is 0.867. The first-order valence-electron chi connectivity index (χ1n) is 6.24. The van der Waals surface area contributed by atoms with Gasteiger partial charge in [0.2, 0.25) is 0 Å². The Labute approximate surface area is 102 Å². The van der Waals surface area contributed by atoms with Crippen molar-refractivity contribution in [1.29, 1.82) is 0 Å². The number of hydrogen-bond donors (Lipinski definition) is 1. The second-order valence-corrected chi connectivity index (χ2v) is 6.64. The van der Waals surface area contributed by atoms with Gasteiger partial charge in [-0.3, -0.25) is 0 Å². The van der Waals surface area contributed by atoms with Crippen molar-refractivity contribution in [1.82, 2.24) is 0 Å². The van der Waals surface area contributed by atoms with Crippen LogP contribution in [-0.4, -0.2) is 10.7 Å². The second-order valence-electron chi connectivity index (χ2n) is 6.64. The standard InChI is InChI=1S/C15H28O/c1-8-9-10-11-12-15(16,13(2,3)4)14(5,6)7/h16H,8-9,12H2,1-7H3. The highest BCUT2D eigenvalue weighted by Gasteiger charge is 2.48. The van der Waals surface area contributed by atoms with Crippen LogP contribution >= 0.6 is 0 Å². The molecule has 0 rings (SSSR count). The molecule has 0 fully saturated rings. The lowest BCUT2D eigenvalue weighted by molar-refractivity contribution is -0.132. The maximum atomic E-state index is 10.9. The van der Waals surface area contributed by atoms with E-state index >= 15 is 0 Å². The minimum Gasteiger partial charge on any atom is -0.388 e. The van der Waals surface area contributed by atoms with Crippen molar-refractivity contribution in [2.45, 2.75) is 73.3 Å². The molecule has 0 aliphatic rings. The van der Waals surface area contributed by atoms with Crippen LogP contribution in [0.3, 0.4) is 0 Å². The third-order valence-corrected chi connectivity index (χ3v) is 3.33. The summed E-state index contributed by atoms with van der Waals surface area (Å²) in [6.45, 7) is 14.6. The molecule has 0 aliphatic carbocycles. The summed E-state index contributed by atoms with van der Waals surface area (Å²) in [6.07, 6.45) is 2.56. The quantitative estimate of drug-likeness (QED) is 0.703. The van der Waals surface area contributed by atoms with Crippen LogP contribution in [0.5, 0.6) is 0 Å². The fourth-order valence-electron chi connectivity index (χ4n) is 2.06. The van der Waals surface area contributed by atoms with Crippen LogP contribution < -0.4 is 0 Å². The van der Waals surface area contributed by atoms with Gasteiger partial charge in [0.15, 0.2) is 0 Å². The normalized spacial score (nSPS) is 13.2. The van der Waals surface area contributed by atoms with Gasteiger partial charge in [0.1, 0.15) is 0 Å². The largest absolute Gasteiger partial charge is 0.388 e. The predicted octanol–water partition coefficient (Wildman–Crippen LogP) is 4.00. The molecule has 0 spiro atoms. The van der Waals surface area contributed by atoms with Gasteiger partial charge in [0.25, 0.3) is 0 Å². The van der Waals surface area contributed by atoms with Crippen molar-refractivity contribution in [2.24, 2.45) is 10.8 Å². The third kappa shape index (κ3) is 3.52. The fourth-order valence-corrected chi connectivity index (χ4v) is 2.06. The summed E-state index contributed by atoms with van der Waals surface area (Å²) < 4.78 is 0. The topological polar surface area (TPSA) is 20.2 Å². The maximum absolute atomic E-state index is 10.9. The Morgan fingerprint density at radius 1 is 0.875 bits per heavy atom. The summed E-state index contributed by atoms with van der Waals surface area (Å²) in [6, 6.07) is 0. The van der Waals surface area contributed by atoms with Gasteiger partial charge in [0, 0.05) is 12.8 Å². The Hall–Kier alpha value is -0.480. The molecule has 1 nitrogen and oxygen atoms in total. The van der Waals surface area contributed by atoms with Crippen molar-refractivity contribution < 1.29 is 5.11 Å². The molecule has 0 saturated heterocycles. The van der Waals surface area contributed by atoms with E-state index in [0.717, 1.165) is 12.8 Å². The zero-order chi connectivity index (χ0) is 13.0. The van der Waals surface area contributed by atoms with Crippen LogP contribution in [-0.2, 0) is 0 Å². The molecule has 0 atom stereocenters. The third-order valence-electron chi connectivity index (χ3n) is 3.33. The molecule has 0 aromatic carbocycles. The molecule has 0 radical (unpaired) electrons. The number of aliphatic hydroxyl groups is 1. The molecule has 94 valence electrons. The van der Waals surface area contributed by atoms with E-state index in [1.165, 1.54) is 0 Å². The molecular weight excluding hydrogens is 196 g/mol. The van der Waals surface area contributed by atoms with Gasteiger partial charge in [-0.2, -0.15) is 0 Å². The monoisotopic (exact) mass is 224 g/mol. The summed E-state index contributed by atoms with van der Waals surface area (Å²) in [5, 5.41) is 10.9. The molecule has 0 amide bonds. The highest BCUT2D eigenvalue weighted by atomic mass is 16.3. The summed E-state index contributed by atoms with van der Waals surface area (Å²) in [5.74, 6) is 6.26. The minimum absolute atomic E-state index is 0.161. The molecule has 0 bridgehead atoms. The Balaban J connectivity index is 4.94. The molecule has 0 aliphatic heterocycles. The first-order valence-corrected chi connectivity index (χ1v) is 6.24. The Kier molecular flexibility index (Phi) is 5.08. The van der Waals surface area contributed by atoms with Crippen molar-refractivity contribution in [3.63, 3.8) is 0 Å². The molecular formula is C15H28O. The van der Waals surface area contributed by atoms with E-state index in [4.69, 9.17) is 0 Å². The molecule has 1 N–H and O–H groups in total. The van der Waals surface area contributed by atoms with E-state index in [1.807, 2.05) is 0 Å². The van der Waals surface area contributed by atoms with Gasteiger partial charge in [-0.1, -0.05) is 48.5 Å². The molecule has 0 aromatic rings. The summed E-state index contributed by atoms with van der Waals surface area (Å²) in [7, 11) is 0. The first-order chi connectivity index (χ1) is 7.06. The van der Waals surface area contributed by atoms with E-state index in [1.54, 1.807) is 0 Å². The van der Waals surface area contributed by atoms with Crippen molar-refractivity contribution in [3.05, 3.63) is 0 Å². The van der Waals surface area contributed by atoms with Gasteiger partial charge in [-0.15, -0.1) is 11.8 Å². The number of hydrogen-bond acceptors (Lipinski definition) is 1. The number of rotatable bonds is 2. The molecule has 0 aromatic heterocycles. The van der Waals surface area contributed by atoms with Gasteiger partial charge in [-0.05, 0) is 17.3 Å². The maximum Gasteiger partial charge on any atom is 0.0852 e. The van der Waals surface area contributed by atoms with E-state index in [9.17, 15) is 5.11 Å². The lowest BCUT2D eigenvalue weighted by Crippen LogP contribution is -2.52. The SMILES string of the molecule is CCCC#CCC(O)(C(C)(C)C)C(C)(C)C. The van der Waals surface area contributed by atoms with Crippen LogP contribution in [0.15, 0.2) is 0 Å². The first kappa shape index (κ1) is 15.5. The highest BCUT2D eigenvalue weighted by molar-refractivity contribution is 5.10. The second kappa shape index (κ2) is 5.23. The molecule has 0 heterocycles. The Morgan fingerprint density at radius 2 is 1.31 bits per heavy atom. The molecule has 0 saturated carbocycles. The van der Waals surface area contributed by atoms with E-state index < -0.39 is 5.60 Å². The highest BCUT2D eigenvalue weighted by Crippen LogP contribution is 2.45. The van der Waals surface area contributed by atoms with Crippen LogP contribution in [0.2, 0.25) is 0 Å². The summed E-state index contributed by atoms with van der Waals surface area (Å²) >= 11 is 0. The van der Waals surface area contributed by atoms with Crippen LogP contribution in [0.1, 0.15) is 67.7 Å². The molecule has 1 heteroatoms. The van der Waals surface area contributed by atoms with Crippen molar-refractivity contribution >= 4 is 0 Å². The average molecular weight is 224 g/mol. The Bertz CT molecular complexity index is 251. The summed E-state index contributed by atoms with van der Waals surface area (Å²) in [4.78, 5) is 0. The smallest absolute Gasteiger partial charge is 0.0852 e. The Morgan fingerprint density at radius 3 is 1.62 bits per heavy atom. The minimum atomic E-state index is -0.749. The van der Waals surface area contributed by atoms with Crippen LogP contribution in [0.4, 0.5) is 0 Å². The number of unbranched alkanes of at least 4 members (excludes halogenated alkanes) is 1. The van der Waals surface area contributed by atoms with Gasteiger partial charge >= 0.3 is 0 Å². The van der Waals surface area contributed by atoms with E-state index in [2.05, 4.69) is 60.3 Å². The average Bonchev–Trinajstić information content (AvgIpc) is 2.08.